The number of nitrogens with zero attached hydrogens (tertiary/aromatic N) is 6. The van der Waals surface area contributed by atoms with E-state index in [2.05, 4.69) is 15.3 Å². The zero-order valence-electron chi connectivity index (χ0n) is 15.5. The maximum Gasteiger partial charge on any atom is 0.453 e. The molecule has 1 aromatic carbocycles. The maximum atomic E-state index is 13.5. The highest BCUT2D eigenvalue weighted by atomic mass is 19.4. The molecule has 12 heteroatoms. The van der Waals surface area contributed by atoms with E-state index in [1.165, 1.54) is 6.07 Å². The van der Waals surface area contributed by atoms with E-state index in [4.69, 9.17) is 0 Å². The predicted octanol–water partition coefficient (Wildman–Crippen LogP) is 3.54. The predicted molar refractivity (Wildman–Crippen MR) is 94.6 cm³/mol. The Balaban J connectivity index is 1.47. The average Bonchev–Trinajstić information content (AvgIpc) is 3.12. The standard InChI is InChI=1S/C18H16F6N6/c19-12-1-2-13(16(20)21)11(9-12)10-28-5-7-29(8-6-28)15-4-3-14-25-26-17(18(22,23)24)30(14)27-15/h1-4,9,16H,5-8,10H2. The van der Waals surface area contributed by atoms with Gasteiger partial charge in [0.2, 0.25) is 0 Å². The third kappa shape index (κ3) is 4.04. The molecule has 0 aliphatic carbocycles. The molecule has 0 radical (unpaired) electrons. The number of hydrogen-bond donors (Lipinski definition) is 0. The van der Waals surface area contributed by atoms with Gasteiger partial charge < -0.3 is 4.90 Å². The van der Waals surface area contributed by atoms with Crippen molar-refractivity contribution in [1.29, 1.82) is 0 Å². The van der Waals surface area contributed by atoms with E-state index < -0.39 is 24.2 Å². The number of rotatable bonds is 4. The molecule has 3 heterocycles. The van der Waals surface area contributed by atoms with Gasteiger partial charge in [-0.1, -0.05) is 6.07 Å². The van der Waals surface area contributed by atoms with Crippen LogP contribution in [0.3, 0.4) is 0 Å². The van der Waals surface area contributed by atoms with E-state index >= 15 is 0 Å². The molecule has 30 heavy (non-hydrogen) atoms. The molecule has 1 aliphatic rings. The quantitative estimate of drug-likeness (QED) is 0.593. The van der Waals surface area contributed by atoms with Gasteiger partial charge in [0.1, 0.15) is 11.6 Å². The van der Waals surface area contributed by atoms with Crippen LogP contribution in [0.1, 0.15) is 23.4 Å². The molecule has 1 fully saturated rings. The smallest absolute Gasteiger partial charge is 0.353 e. The van der Waals surface area contributed by atoms with Crippen molar-refractivity contribution in [2.75, 3.05) is 31.1 Å². The summed E-state index contributed by atoms with van der Waals surface area (Å²) in [5.74, 6) is -1.46. The normalized spacial score (nSPS) is 16.0. The van der Waals surface area contributed by atoms with E-state index in [1.54, 1.807) is 11.0 Å². The molecule has 0 N–H and O–H groups in total. The molecule has 0 unspecified atom stereocenters. The van der Waals surface area contributed by atoms with Gasteiger partial charge in [-0.05, 0) is 29.8 Å². The number of fused-ring (bicyclic) bond motifs is 1. The molecular weight excluding hydrogens is 414 g/mol. The lowest BCUT2D eigenvalue weighted by Crippen LogP contribution is -2.46. The third-order valence-electron chi connectivity index (χ3n) is 4.93. The monoisotopic (exact) mass is 430 g/mol. The highest BCUT2D eigenvalue weighted by Crippen LogP contribution is 2.28. The Hall–Kier alpha value is -2.89. The second-order valence-electron chi connectivity index (χ2n) is 6.89. The number of halogens is 6. The summed E-state index contributed by atoms with van der Waals surface area (Å²) in [6, 6.07) is 6.15. The zero-order valence-corrected chi connectivity index (χ0v) is 15.5. The molecule has 0 bridgehead atoms. The van der Waals surface area contributed by atoms with Crippen LogP contribution in [0.5, 0.6) is 0 Å². The van der Waals surface area contributed by atoms with Crippen LogP contribution in [-0.2, 0) is 12.7 Å². The van der Waals surface area contributed by atoms with Gasteiger partial charge in [0, 0.05) is 38.3 Å². The van der Waals surface area contributed by atoms with Crippen LogP contribution >= 0.6 is 0 Å². The number of aromatic nitrogens is 4. The van der Waals surface area contributed by atoms with Crippen molar-refractivity contribution in [3.05, 3.63) is 53.1 Å². The van der Waals surface area contributed by atoms with Crippen LogP contribution < -0.4 is 4.90 Å². The van der Waals surface area contributed by atoms with Crippen molar-refractivity contribution >= 4 is 11.5 Å². The van der Waals surface area contributed by atoms with Crippen molar-refractivity contribution < 1.29 is 26.3 Å². The molecule has 0 amide bonds. The average molecular weight is 430 g/mol. The van der Waals surface area contributed by atoms with Gasteiger partial charge in [-0.15, -0.1) is 15.3 Å². The summed E-state index contributed by atoms with van der Waals surface area (Å²) in [6.07, 6.45) is -7.39. The van der Waals surface area contributed by atoms with Crippen LogP contribution in [0.25, 0.3) is 5.65 Å². The Labute approximate surface area is 166 Å². The molecular formula is C18H16F6N6. The van der Waals surface area contributed by atoms with Gasteiger partial charge in [-0.2, -0.15) is 17.7 Å². The second kappa shape index (κ2) is 7.74. The fraction of sp³-hybridized carbons (Fsp3) is 0.389. The van der Waals surface area contributed by atoms with Crippen molar-refractivity contribution in [1.82, 2.24) is 24.7 Å². The summed E-state index contributed by atoms with van der Waals surface area (Å²) in [4.78, 5) is 3.67. The van der Waals surface area contributed by atoms with Crippen molar-refractivity contribution in [3.63, 3.8) is 0 Å². The van der Waals surface area contributed by atoms with Gasteiger partial charge in [-0.3, -0.25) is 4.90 Å². The minimum Gasteiger partial charge on any atom is -0.353 e. The van der Waals surface area contributed by atoms with E-state index in [1.807, 2.05) is 4.90 Å². The van der Waals surface area contributed by atoms with E-state index in [0.717, 1.165) is 18.2 Å². The number of piperazine rings is 1. The molecule has 2 aromatic heterocycles. The summed E-state index contributed by atoms with van der Waals surface area (Å²) in [7, 11) is 0. The molecule has 0 atom stereocenters. The molecule has 1 saturated heterocycles. The van der Waals surface area contributed by atoms with Crippen LogP contribution in [0.15, 0.2) is 30.3 Å². The second-order valence-corrected chi connectivity index (χ2v) is 6.89. The summed E-state index contributed by atoms with van der Waals surface area (Å²) in [6.45, 7) is 1.89. The molecule has 0 spiro atoms. The maximum absolute atomic E-state index is 13.5. The Morgan fingerprint density at radius 3 is 2.37 bits per heavy atom. The van der Waals surface area contributed by atoms with Gasteiger partial charge >= 0.3 is 6.18 Å². The van der Waals surface area contributed by atoms with Crippen molar-refractivity contribution in [2.45, 2.75) is 19.1 Å². The Morgan fingerprint density at radius 1 is 0.967 bits per heavy atom. The van der Waals surface area contributed by atoms with Crippen LogP contribution in [0.2, 0.25) is 0 Å². The minimum absolute atomic E-state index is 0.0182. The lowest BCUT2D eigenvalue weighted by molar-refractivity contribution is -0.146. The SMILES string of the molecule is Fc1ccc(C(F)F)c(CN2CCN(c3ccc4nnc(C(F)(F)F)n4n3)CC2)c1. The Bertz CT molecular complexity index is 1040. The summed E-state index contributed by atoms with van der Waals surface area (Å²) >= 11 is 0. The lowest BCUT2D eigenvalue weighted by Gasteiger charge is -2.35. The molecule has 3 aromatic rings. The van der Waals surface area contributed by atoms with Crippen LogP contribution in [0, 0.1) is 5.82 Å². The summed E-state index contributed by atoms with van der Waals surface area (Å²) < 4.78 is 79.6. The van der Waals surface area contributed by atoms with Crippen molar-refractivity contribution in [2.24, 2.45) is 0 Å². The van der Waals surface area contributed by atoms with Gasteiger partial charge in [0.05, 0.1) is 0 Å². The number of alkyl halides is 5. The fourth-order valence-electron chi connectivity index (χ4n) is 3.42. The van der Waals surface area contributed by atoms with Gasteiger partial charge in [0.15, 0.2) is 5.65 Å². The molecule has 160 valence electrons. The van der Waals surface area contributed by atoms with E-state index in [0.29, 0.717) is 36.5 Å². The number of anilines is 1. The van der Waals surface area contributed by atoms with Gasteiger partial charge in [0.25, 0.3) is 12.2 Å². The van der Waals surface area contributed by atoms with Gasteiger partial charge in [-0.25, -0.2) is 13.2 Å². The van der Waals surface area contributed by atoms with Crippen LogP contribution in [-0.4, -0.2) is 50.9 Å². The summed E-state index contributed by atoms with van der Waals surface area (Å²) in [5.41, 5.74) is -0.00844. The first-order chi connectivity index (χ1) is 14.2. The molecule has 6 nitrogen and oxygen atoms in total. The van der Waals surface area contributed by atoms with Crippen LogP contribution in [0.4, 0.5) is 32.2 Å². The Morgan fingerprint density at radius 2 is 1.70 bits per heavy atom. The highest BCUT2D eigenvalue weighted by Gasteiger charge is 2.38. The largest absolute Gasteiger partial charge is 0.453 e. The first-order valence-electron chi connectivity index (χ1n) is 9.06. The molecule has 0 saturated carbocycles. The number of hydrogen-bond acceptors (Lipinski definition) is 5. The van der Waals surface area contributed by atoms with E-state index in [-0.39, 0.29) is 23.3 Å². The molecule has 1 aliphatic heterocycles. The lowest BCUT2D eigenvalue weighted by atomic mass is 10.1. The first kappa shape index (κ1) is 20.4. The molecule has 4 rings (SSSR count). The fourth-order valence-corrected chi connectivity index (χ4v) is 3.42. The third-order valence-corrected chi connectivity index (χ3v) is 4.93. The topological polar surface area (TPSA) is 49.6 Å². The van der Waals surface area contributed by atoms with E-state index in [9.17, 15) is 26.3 Å². The highest BCUT2D eigenvalue weighted by molar-refractivity contribution is 5.46. The minimum atomic E-state index is -4.68. The first-order valence-corrected chi connectivity index (χ1v) is 9.06. The summed E-state index contributed by atoms with van der Waals surface area (Å²) in [5, 5.41) is 10.6. The van der Waals surface area contributed by atoms with Crippen molar-refractivity contribution in [3.8, 4) is 0 Å². The number of benzene rings is 1. The zero-order chi connectivity index (χ0) is 21.5. The Kier molecular flexibility index (Phi) is 5.26.